The predicted molar refractivity (Wildman–Crippen MR) is 79.9 cm³/mol. The molecule has 1 heterocycles. The number of rotatable bonds is 5. The van der Waals surface area contributed by atoms with Crippen LogP contribution in [0, 0.1) is 5.41 Å². The lowest BCUT2D eigenvalue weighted by atomic mass is 9.56. The molecule has 3 N–H and O–H groups in total. The summed E-state index contributed by atoms with van der Waals surface area (Å²) in [5, 5.41) is 5.76. The number of nitrogens with one attached hydrogen (secondary N) is 1. The molecule has 0 spiro atoms. The van der Waals surface area contributed by atoms with Crippen LogP contribution in [0.25, 0.3) is 0 Å². The first-order valence-electron chi connectivity index (χ1n) is 6.84. The molecule has 1 saturated carbocycles. The van der Waals surface area contributed by atoms with Crippen molar-refractivity contribution < 1.29 is 9.53 Å². The molecule has 0 bridgehead atoms. The second-order valence-electron chi connectivity index (χ2n) is 6.05. The summed E-state index contributed by atoms with van der Waals surface area (Å²) in [7, 11) is 1.72. The first-order valence-corrected chi connectivity index (χ1v) is 7.72. The summed E-state index contributed by atoms with van der Waals surface area (Å²) in [6.07, 6.45) is 1.54. The molecule has 5 nitrogen and oxygen atoms in total. The lowest BCUT2D eigenvalue weighted by molar-refractivity contribution is -0.177. The van der Waals surface area contributed by atoms with E-state index < -0.39 is 0 Å². The van der Waals surface area contributed by atoms with Crippen molar-refractivity contribution in [2.75, 3.05) is 13.7 Å². The van der Waals surface area contributed by atoms with Crippen LogP contribution in [-0.4, -0.2) is 36.2 Å². The van der Waals surface area contributed by atoms with Crippen molar-refractivity contribution in [1.29, 1.82) is 0 Å². The van der Waals surface area contributed by atoms with Crippen molar-refractivity contribution in [3.8, 4) is 0 Å². The summed E-state index contributed by atoms with van der Waals surface area (Å²) in [6, 6.07) is 0.111. The number of nitrogens with zero attached hydrogens (tertiary/aromatic N) is 1. The molecule has 6 heteroatoms. The Morgan fingerprint density at radius 3 is 2.85 bits per heavy atom. The number of methoxy groups -OCH3 is 1. The van der Waals surface area contributed by atoms with Gasteiger partial charge in [-0.25, -0.2) is 4.98 Å². The average Bonchev–Trinajstić information content (AvgIpc) is 2.87. The van der Waals surface area contributed by atoms with E-state index >= 15 is 0 Å². The summed E-state index contributed by atoms with van der Waals surface area (Å²) in [4.78, 5) is 16.5. The fourth-order valence-corrected chi connectivity index (χ4v) is 3.40. The molecule has 0 aliphatic heterocycles. The van der Waals surface area contributed by atoms with E-state index in [1.165, 1.54) is 11.3 Å². The minimum Gasteiger partial charge on any atom is -0.378 e. The van der Waals surface area contributed by atoms with Crippen LogP contribution in [0.1, 0.15) is 42.7 Å². The van der Waals surface area contributed by atoms with Gasteiger partial charge in [0.15, 0.2) is 0 Å². The van der Waals surface area contributed by atoms with E-state index in [0.29, 0.717) is 18.7 Å². The van der Waals surface area contributed by atoms with Gasteiger partial charge in [-0.1, -0.05) is 13.8 Å². The van der Waals surface area contributed by atoms with Crippen LogP contribution >= 0.6 is 11.3 Å². The zero-order chi connectivity index (χ0) is 15.0. The van der Waals surface area contributed by atoms with Gasteiger partial charge < -0.3 is 15.8 Å². The highest BCUT2D eigenvalue weighted by Gasteiger charge is 2.58. The molecule has 1 fully saturated rings. The highest BCUT2D eigenvalue weighted by molar-refractivity contribution is 7.09. The monoisotopic (exact) mass is 297 g/mol. The van der Waals surface area contributed by atoms with E-state index in [1.54, 1.807) is 12.5 Å². The van der Waals surface area contributed by atoms with Crippen molar-refractivity contribution >= 4 is 17.2 Å². The van der Waals surface area contributed by atoms with Gasteiger partial charge in [0.2, 0.25) is 0 Å². The fraction of sp³-hybridized carbons (Fsp3) is 0.714. The molecule has 1 aliphatic rings. The minimum atomic E-state index is -0.183. The standard InChI is InChI=1S/C14H23N3O2S/c1-13(2)10(7-14(13,3)19-4)17-12(18)9-8-20-11(16-9)5-6-15/h8,10H,5-7,15H2,1-4H3,(H,17,18). The lowest BCUT2D eigenvalue weighted by Crippen LogP contribution is -2.68. The van der Waals surface area contributed by atoms with Crippen LogP contribution in [0.3, 0.4) is 0 Å². The molecule has 2 rings (SSSR count). The topological polar surface area (TPSA) is 77.2 Å². The Balaban J connectivity index is 1.99. The van der Waals surface area contributed by atoms with Crippen LogP contribution in [-0.2, 0) is 11.2 Å². The van der Waals surface area contributed by atoms with Gasteiger partial charge in [-0.3, -0.25) is 4.79 Å². The second-order valence-corrected chi connectivity index (χ2v) is 6.99. The van der Waals surface area contributed by atoms with Gasteiger partial charge in [-0.15, -0.1) is 11.3 Å². The first-order chi connectivity index (χ1) is 9.34. The lowest BCUT2D eigenvalue weighted by Gasteiger charge is -2.59. The molecule has 1 aromatic heterocycles. The fourth-order valence-electron chi connectivity index (χ4n) is 2.61. The SMILES string of the molecule is COC1(C)CC(NC(=O)c2csc(CCN)n2)C1(C)C. The van der Waals surface area contributed by atoms with Crippen molar-refractivity contribution in [2.24, 2.45) is 11.1 Å². The maximum atomic E-state index is 12.2. The molecule has 0 saturated heterocycles. The number of ether oxygens (including phenoxy) is 1. The van der Waals surface area contributed by atoms with Gasteiger partial charge in [0, 0.05) is 30.4 Å². The molecule has 1 aliphatic carbocycles. The Hall–Kier alpha value is -0.980. The largest absolute Gasteiger partial charge is 0.378 e. The van der Waals surface area contributed by atoms with Gasteiger partial charge in [-0.05, 0) is 19.9 Å². The third-order valence-electron chi connectivity index (χ3n) is 4.73. The van der Waals surface area contributed by atoms with E-state index in [1.807, 2.05) is 0 Å². The number of thiazole rings is 1. The number of carbonyl (C=O) groups excluding carboxylic acids is 1. The third kappa shape index (κ3) is 2.47. The molecule has 1 amide bonds. The Morgan fingerprint density at radius 1 is 1.60 bits per heavy atom. The van der Waals surface area contributed by atoms with E-state index in [-0.39, 0.29) is 23.0 Å². The van der Waals surface area contributed by atoms with Gasteiger partial charge in [0.05, 0.1) is 10.6 Å². The Kier molecular flexibility index (Phi) is 4.18. The maximum Gasteiger partial charge on any atom is 0.270 e. The van der Waals surface area contributed by atoms with Gasteiger partial charge >= 0.3 is 0 Å². The molecule has 20 heavy (non-hydrogen) atoms. The van der Waals surface area contributed by atoms with Crippen LogP contribution in [0.5, 0.6) is 0 Å². The van der Waals surface area contributed by atoms with Crippen molar-refractivity contribution in [3.63, 3.8) is 0 Å². The molecule has 112 valence electrons. The molecule has 2 unspecified atom stereocenters. The average molecular weight is 297 g/mol. The molecular weight excluding hydrogens is 274 g/mol. The second kappa shape index (κ2) is 5.42. The number of aromatic nitrogens is 1. The van der Waals surface area contributed by atoms with Gasteiger partial charge in [-0.2, -0.15) is 0 Å². The molecule has 0 aromatic carbocycles. The van der Waals surface area contributed by atoms with E-state index in [0.717, 1.165) is 11.4 Å². The van der Waals surface area contributed by atoms with Crippen LogP contribution in [0.4, 0.5) is 0 Å². The van der Waals surface area contributed by atoms with Crippen molar-refractivity contribution in [1.82, 2.24) is 10.3 Å². The number of hydrogen-bond acceptors (Lipinski definition) is 5. The Labute approximate surface area is 123 Å². The highest BCUT2D eigenvalue weighted by Crippen LogP contribution is 2.51. The van der Waals surface area contributed by atoms with Crippen LogP contribution < -0.4 is 11.1 Å². The van der Waals surface area contributed by atoms with E-state index in [2.05, 4.69) is 31.1 Å². The van der Waals surface area contributed by atoms with Crippen molar-refractivity contribution in [3.05, 3.63) is 16.1 Å². The zero-order valence-corrected chi connectivity index (χ0v) is 13.3. The van der Waals surface area contributed by atoms with Gasteiger partial charge in [0.25, 0.3) is 5.91 Å². The summed E-state index contributed by atoms with van der Waals surface area (Å²) in [5.74, 6) is -0.110. The number of carbonyl (C=O) groups is 1. The zero-order valence-electron chi connectivity index (χ0n) is 12.5. The van der Waals surface area contributed by atoms with Crippen LogP contribution in [0.15, 0.2) is 5.38 Å². The Morgan fingerprint density at radius 2 is 2.30 bits per heavy atom. The quantitative estimate of drug-likeness (QED) is 0.865. The third-order valence-corrected chi connectivity index (χ3v) is 5.63. The molecule has 0 radical (unpaired) electrons. The summed E-state index contributed by atoms with van der Waals surface area (Å²) in [6.45, 7) is 6.87. The number of amides is 1. The number of nitrogens with two attached hydrogens (primary N) is 1. The van der Waals surface area contributed by atoms with Gasteiger partial charge in [0.1, 0.15) is 5.69 Å². The minimum absolute atomic E-state index is 0.0898. The smallest absolute Gasteiger partial charge is 0.270 e. The normalized spacial score (nSPS) is 27.9. The first kappa shape index (κ1) is 15.4. The summed E-state index contributed by atoms with van der Waals surface area (Å²) >= 11 is 1.48. The highest BCUT2D eigenvalue weighted by atomic mass is 32.1. The van der Waals surface area contributed by atoms with Crippen molar-refractivity contribution in [2.45, 2.75) is 45.3 Å². The maximum absolute atomic E-state index is 12.2. The Bertz CT molecular complexity index is 500. The summed E-state index contributed by atoms with van der Waals surface area (Å²) in [5.41, 5.74) is 5.70. The summed E-state index contributed by atoms with van der Waals surface area (Å²) < 4.78 is 5.56. The van der Waals surface area contributed by atoms with E-state index in [9.17, 15) is 4.79 Å². The predicted octanol–water partition coefficient (Wildman–Crippen LogP) is 1.58. The molecule has 2 atom stereocenters. The molecular formula is C14H23N3O2S. The van der Waals surface area contributed by atoms with Crippen LogP contribution in [0.2, 0.25) is 0 Å². The number of hydrogen-bond donors (Lipinski definition) is 2. The molecule has 1 aromatic rings. The van der Waals surface area contributed by atoms with E-state index in [4.69, 9.17) is 10.5 Å².